The first-order valence-electron chi connectivity index (χ1n) is 13.4. The third-order valence-corrected chi connectivity index (χ3v) is 7.95. The van der Waals surface area contributed by atoms with E-state index in [4.69, 9.17) is 4.99 Å². The lowest BCUT2D eigenvalue weighted by molar-refractivity contribution is -0.137. The molecule has 0 saturated carbocycles. The molecule has 4 rings (SSSR count). The van der Waals surface area contributed by atoms with E-state index in [-0.39, 0.29) is 5.41 Å². The molecule has 2 nitrogen and oxygen atoms in total. The molecule has 0 amide bonds. The Morgan fingerprint density at radius 3 is 2.13 bits per heavy atom. The molecule has 0 bridgehead atoms. The van der Waals surface area contributed by atoms with Crippen molar-refractivity contribution >= 4 is 17.0 Å². The second kappa shape index (κ2) is 11.7. The first-order valence-corrected chi connectivity index (χ1v) is 13.4. The highest BCUT2D eigenvalue weighted by molar-refractivity contribution is 5.87. The summed E-state index contributed by atoms with van der Waals surface area (Å²) in [4.78, 5) is 4.93. The molecule has 0 aliphatic carbocycles. The van der Waals surface area contributed by atoms with E-state index >= 15 is 0 Å². The number of hydrogen-bond donors (Lipinski definition) is 1. The average molecular weight is 519 g/mol. The maximum absolute atomic E-state index is 12.9. The summed E-state index contributed by atoms with van der Waals surface area (Å²) in [7, 11) is 0. The number of nitrogens with one attached hydrogen (secondary N) is 1. The molecule has 1 atom stereocenters. The van der Waals surface area contributed by atoms with Crippen molar-refractivity contribution in [2.75, 3.05) is 13.1 Å². The molecular formula is C33H37F3N2. The van der Waals surface area contributed by atoms with Gasteiger partial charge in [0.1, 0.15) is 0 Å². The predicted molar refractivity (Wildman–Crippen MR) is 152 cm³/mol. The molecule has 0 aromatic heterocycles. The van der Waals surface area contributed by atoms with Gasteiger partial charge < -0.3 is 5.32 Å². The summed E-state index contributed by atoms with van der Waals surface area (Å²) in [5.41, 5.74) is 6.52. The van der Waals surface area contributed by atoms with Crippen LogP contribution in [0.3, 0.4) is 0 Å². The Balaban J connectivity index is 1.61. The van der Waals surface area contributed by atoms with Crippen molar-refractivity contribution in [2.45, 2.75) is 58.0 Å². The second-order valence-corrected chi connectivity index (χ2v) is 10.6. The van der Waals surface area contributed by atoms with Gasteiger partial charge in [-0.05, 0) is 105 Å². The first kappa shape index (κ1) is 27.8. The summed E-state index contributed by atoms with van der Waals surface area (Å²) in [6.07, 6.45) is -0.770. The standard InChI is InChI=1S/C33H37F3N2/c1-23(2)30-22-29(32(4,26-8-6-5-7-9-26)27-18-20-37-21-19-27)16-17-31(30)38-24(3)10-11-25-12-14-28(15-13-25)33(34,35)36/h5-9,12-17,22,27,37H,1,10-11,18-21H2,2-4H3/b38-24-. The van der Waals surface area contributed by atoms with E-state index in [1.165, 1.54) is 11.1 Å². The van der Waals surface area contributed by atoms with Crippen LogP contribution in [0.2, 0.25) is 0 Å². The van der Waals surface area contributed by atoms with Gasteiger partial charge in [-0.25, -0.2) is 0 Å². The first-order chi connectivity index (χ1) is 18.1. The normalized spacial score (nSPS) is 16.7. The largest absolute Gasteiger partial charge is 0.416 e. The van der Waals surface area contributed by atoms with Gasteiger partial charge in [0, 0.05) is 16.7 Å². The van der Waals surface area contributed by atoms with Gasteiger partial charge in [0.05, 0.1) is 11.3 Å². The topological polar surface area (TPSA) is 24.4 Å². The smallest absolute Gasteiger partial charge is 0.317 e. The number of benzene rings is 3. The molecule has 200 valence electrons. The number of alkyl halides is 3. The fourth-order valence-electron chi connectivity index (χ4n) is 5.57. The summed E-state index contributed by atoms with van der Waals surface area (Å²) in [5, 5.41) is 3.50. The van der Waals surface area contributed by atoms with Crippen molar-refractivity contribution in [3.05, 3.63) is 107 Å². The van der Waals surface area contributed by atoms with Gasteiger partial charge in [-0.2, -0.15) is 13.2 Å². The van der Waals surface area contributed by atoms with Gasteiger partial charge in [-0.1, -0.05) is 62.0 Å². The zero-order chi connectivity index (χ0) is 27.3. The molecular weight excluding hydrogens is 481 g/mol. The van der Waals surface area contributed by atoms with Crippen LogP contribution >= 0.6 is 0 Å². The van der Waals surface area contributed by atoms with Crippen molar-refractivity contribution in [1.82, 2.24) is 5.32 Å². The highest BCUT2D eigenvalue weighted by Crippen LogP contribution is 2.44. The Morgan fingerprint density at radius 2 is 1.53 bits per heavy atom. The van der Waals surface area contributed by atoms with E-state index in [0.29, 0.717) is 18.8 Å². The van der Waals surface area contributed by atoms with Crippen molar-refractivity contribution in [3.63, 3.8) is 0 Å². The molecule has 0 spiro atoms. The lowest BCUT2D eigenvalue weighted by atomic mass is 9.64. The molecule has 0 radical (unpaired) electrons. The van der Waals surface area contributed by atoms with Crippen molar-refractivity contribution in [1.29, 1.82) is 0 Å². The van der Waals surface area contributed by atoms with Crippen LogP contribution in [0.5, 0.6) is 0 Å². The SMILES string of the molecule is C=C(C)c1cc(C(C)(c2ccccc2)C2CCNCC2)ccc1/N=C(/C)CCc1ccc(C(F)(F)F)cc1. The number of aliphatic imine (C=N–C) groups is 1. The number of piperidine rings is 1. The number of nitrogens with zero attached hydrogens (tertiary/aromatic N) is 1. The molecule has 1 aliphatic heterocycles. The van der Waals surface area contributed by atoms with Gasteiger partial charge in [0.2, 0.25) is 0 Å². The predicted octanol–water partition coefficient (Wildman–Crippen LogP) is 8.77. The number of rotatable bonds is 8. The Bertz CT molecular complexity index is 1270. The summed E-state index contributed by atoms with van der Waals surface area (Å²) in [5.74, 6) is 0.518. The Labute approximate surface area is 224 Å². The monoisotopic (exact) mass is 518 g/mol. The maximum atomic E-state index is 12.9. The van der Waals surface area contributed by atoms with Gasteiger partial charge in [-0.15, -0.1) is 0 Å². The van der Waals surface area contributed by atoms with Crippen LogP contribution in [-0.2, 0) is 18.0 Å². The molecule has 1 aliphatic rings. The molecule has 3 aromatic rings. The van der Waals surface area contributed by atoms with Crippen LogP contribution in [0.25, 0.3) is 5.57 Å². The Kier molecular flexibility index (Phi) is 8.57. The van der Waals surface area contributed by atoms with Gasteiger partial charge in [0.15, 0.2) is 0 Å². The second-order valence-electron chi connectivity index (χ2n) is 10.6. The fourth-order valence-corrected chi connectivity index (χ4v) is 5.57. The number of halogens is 3. The number of aryl methyl sites for hydroxylation is 1. The molecule has 1 heterocycles. The van der Waals surface area contributed by atoms with E-state index in [0.717, 1.165) is 66.2 Å². The molecule has 5 heteroatoms. The number of allylic oxidation sites excluding steroid dienone is 1. The lowest BCUT2D eigenvalue weighted by Crippen LogP contribution is -2.40. The molecule has 1 fully saturated rings. The quantitative estimate of drug-likeness (QED) is 0.296. The van der Waals surface area contributed by atoms with Crippen LogP contribution in [0, 0.1) is 5.92 Å². The third kappa shape index (κ3) is 6.27. The number of hydrogen-bond acceptors (Lipinski definition) is 2. The van der Waals surface area contributed by atoms with Crippen molar-refractivity contribution in [2.24, 2.45) is 10.9 Å². The molecule has 38 heavy (non-hydrogen) atoms. The minimum atomic E-state index is -4.31. The molecule has 1 unspecified atom stereocenters. The zero-order valence-corrected chi connectivity index (χ0v) is 22.5. The highest BCUT2D eigenvalue weighted by atomic mass is 19.4. The maximum Gasteiger partial charge on any atom is 0.416 e. The van der Waals surface area contributed by atoms with Crippen LogP contribution in [0.1, 0.15) is 67.9 Å². The average Bonchev–Trinajstić information content (AvgIpc) is 2.92. The molecule has 3 aromatic carbocycles. The Morgan fingerprint density at radius 1 is 0.895 bits per heavy atom. The van der Waals surface area contributed by atoms with E-state index in [1.54, 1.807) is 12.1 Å². The summed E-state index contributed by atoms with van der Waals surface area (Å²) < 4.78 is 38.6. The van der Waals surface area contributed by atoms with Crippen molar-refractivity contribution < 1.29 is 13.2 Å². The minimum absolute atomic E-state index is 0.132. The van der Waals surface area contributed by atoms with E-state index in [1.807, 2.05) is 13.8 Å². The summed E-state index contributed by atoms with van der Waals surface area (Å²) in [6.45, 7) is 12.7. The fraction of sp³-hybridized carbons (Fsp3) is 0.364. The minimum Gasteiger partial charge on any atom is -0.317 e. The van der Waals surface area contributed by atoms with Crippen molar-refractivity contribution in [3.8, 4) is 0 Å². The van der Waals surface area contributed by atoms with Gasteiger partial charge in [0.25, 0.3) is 0 Å². The van der Waals surface area contributed by atoms with Crippen LogP contribution < -0.4 is 5.32 Å². The summed E-state index contributed by atoms with van der Waals surface area (Å²) in [6, 6.07) is 22.7. The molecule has 1 N–H and O–H groups in total. The third-order valence-electron chi connectivity index (χ3n) is 7.95. The van der Waals surface area contributed by atoms with E-state index < -0.39 is 11.7 Å². The van der Waals surface area contributed by atoms with Crippen LogP contribution in [0.15, 0.2) is 84.4 Å². The van der Waals surface area contributed by atoms with E-state index in [2.05, 4.69) is 67.4 Å². The Hall–Kier alpha value is -3.18. The van der Waals surface area contributed by atoms with Gasteiger partial charge >= 0.3 is 6.18 Å². The van der Waals surface area contributed by atoms with Crippen LogP contribution in [0.4, 0.5) is 18.9 Å². The van der Waals surface area contributed by atoms with Crippen LogP contribution in [-0.4, -0.2) is 18.8 Å². The lowest BCUT2D eigenvalue weighted by Gasteiger charge is -2.41. The molecule has 1 saturated heterocycles. The van der Waals surface area contributed by atoms with Gasteiger partial charge in [-0.3, -0.25) is 4.99 Å². The van der Waals surface area contributed by atoms with E-state index in [9.17, 15) is 13.2 Å². The summed E-state index contributed by atoms with van der Waals surface area (Å²) >= 11 is 0. The zero-order valence-electron chi connectivity index (χ0n) is 22.5. The highest BCUT2D eigenvalue weighted by Gasteiger charge is 2.38.